The SMILES string of the molecule is [CH]1[CH][CH][CH][CH]1.[CH]1[CH][CH][CH][CH]1.[CH]1[CH][CH][C](c2nnnc([C]3[CH][CH][CH][CH]3)c2N2CCCCC2)[CH]1.[Fe+2].[Fe+2]. The zero-order valence-corrected chi connectivity index (χ0v) is 21.1. The number of anilines is 1. The summed E-state index contributed by atoms with van der Waals surface area (Å²) in [5, 5.41) is 12.8. The summed E-state index contributed by atoms with van der Waals surface area (Å²) in [6.07, 6.45) is 40.3. The molecule has 4 saturated carbocycles. The summed E-state index contributed by atoms with van der Waals surface area (Å²) in [5.41, 5.74) is 3.02. The first kappa shape index (κ1) is 30.1. The molecule has 4 aliphatic carbocycles. The smallest absolute Gasteiger partial charge is 0.368 e. The van der Waals surface area contributed by atoms with Gasteiger partial charge in [-0.05, 0) is 140 Å². The van der Waals surface area contributed by atoms with Gasteiger partial charge >= 0.3 is 34.1 Å². The van der Waals surface area contributed by atoms with E-state index >= 15 is 0 Å². The molecule has 5 aliphatic rings. The first-order valence-corrected chi connectivity index (χ1v) is 11.2. The van der Waals surface area contributed by atoms with Crippen LogP contribution < -0.4 is 4.90 Å². The fourth-order valence-corrected chi connectivity index (χ4v) is 3.83. The Labute approximate surface area is 230 Å². The molecule has 1 saturated heterocycles. The van der Waals surface area contributed by atoms with E-state index in [0.29, 0.717) is 0 Å². The van der Waals surface area contributed by atoms with E-state index in [-0.39, 0.29) is 34.1 Å². The topological polar surface area (TPSA) is 41.9 Å². The van der Waals surface area contributed by atoms with Crippen LogP contribution in [0.2, 0.25) is 0 Å². The van der Waals surface area contributed by atoms with Gasteiger partial charge < -0.3 is 4.90 Å². The normalized spacial score (nSPS) is 22.8. The third kappa shape index (κ3) is 9.06. The van der Waals surface area contributed by atoms with Crippen molar-refractivity contribution in [1.82, 2.24) is 15.4 Å². The summed E-state index contributed by atoms with van der Waals surface area (Å²) in [6.45, 7) is 2.13. The average molecular weight is 532 g/mol. The Balaban J connectivity index is 0.000000283. The van der Waals surface area contributed by atoms with Crippen LogP contribution in [0.25, 0.3) is 0 Å². The van der Waals surface area contributed by atoms with E-state index in [1.165, 1.54) is 19.3 Å². The van der Waals surface area contributed by atoms with E-state index in [4.69, 9.17) is 0 Å². The first-order chi connectivity index (χ1) is 15.9. The molecule has 0 aromatic carbocycles. The average Bonchev–Trinajstić information content (AvgIpc) is 3.69. The molecule has 34 heavy (non-hydrogen) atoms. The van der Waals surface area contributed by atoms with Gasteiger partial charge in [0.25, 0.3) is 0 Å². The Morgan fingerprint density at radius 1 is 0.471 bits per heavy atom. The molecule has 1 aliphatic heterocycles. The Morgan fingerprint density at radius 3 is 1.18 bits per heavy atom. The molecule has 20 radical (unpaired) electrons. The van der Waals surface area contributed by atoms with Gasteiger partial charge in [-0.25, -0.2) is 0 Å². The zero-order chi connectivity index (χ0) is 21.8. The summed E-state index contributed by atoms with van der Waals surface area (Å²) < 4.78 is 0. The second-order valence-electron chi connectivity index (χ2n) is 7.65. The van der Waals surface area contributed by atoms with Crippen LogP contribution in [0.15, 0.2) is 0 Å². The predicted molar refractivity (Wildman–Crippen MR) is 128 cm³/mol. The van der Waals surface area contributed by atoms with Gasteiger partial charge in [-0.3, -0.25) is 0 Å². The van der Waals surface area contributed by atoms with Crippen molar-refractivity contribution < 1.29 is 34.1 Å². The predicted octanol–water partition coefficient (Wildman–Crippen LogP) is 4.41. The van der Waals surface area contributed by atoms with Crippen LogP contribution in [0.3, 0.4) is 0 Å². The van der Waals surface area contributed by atoms with Gasteiger partial charge in [-0.2, -0.15) is 0 Å². The molecule has 1 aromatic rings. The van der Waals surface area contributed by atoms with Gasteiger partial charge in [-0.1, -0.05) is 0 Å². The molecule has 4 nitrogen and oxygen atoms in total. The van der Waals surface area contributed by atoms with Gasteiger partial charge in [-0.15, -0.1) is 10.2 Å². The molecule has 172 valence electrons. The molecular formula is C28H28Fe2N4+4. The molecule has 2 heterocycles. The summed E-state index contributed by atoms with van der Waals surface area (Å²) in [5.74, 6) is 2.23. The summed E-state index contributed by atoms with van der Waals surface area (Å²) in [4.78, 5) is 2.43. The van der Waals surface area contributed by atoms with Crippen molar-refractivity contribution in [2.45, 2.75) is 19.3 Å². The van der Waals surface area contributed by atoms with Crippen LogP contribution >= 0.6 is 0 Å². The maximum atomic E-state index is 4.36. The van der Waals surface area contributed by atoms with Crippen molar-refractivity contribution in [3.63, 3.8) is 0 Å². The van der Waals surface area contributed by atoms with E-state index in [1.807, 2.05) is 89.9 Å². The van der Waals surface area contributed by atoms with Gasteiger partial charge in [0, 0.05) is 24.9 Å². The van der Waals surface area contributed by atoms with Crippen molar-refractivity contribution in [2.75, 3.05) is 18.0 Å². The van der Waals surface area contributed by atoms with Crippen LogP contribution in [-0.2, 0) is 34.1 Å². The van der Waals surface area contributed by atoms with Crippen molar-refractivity contribution >= 4 is 5.69 Å². The number of hydrogen-bond donors (Lipinski definition) is 0. The number of piperidine rings is 1. The quantitative estimate of drug-likeness (QED) is 0.542. The van der Waals surface area contributed by atoms with E-state index in [2.05, 4.69) is 46.0 Å². The minimum atomic E-state index is 0. The van der Waals surface area contributed by atoms with E-state index in [9.17, 15) is 0 Å². The molecule has 0 N–H and O–H groups in total. The summed E-state index contributed by atoms with van der Waals surface area (Å²) in [6, 6.07) is 0. The zero-order valence-electron chi connectivity index (χ0n) is 18.9. The molecule has 0 atom stereocenters. The minimum Gasteiger partial charge on any atom is -0.368 e. The molecule has 0 amide bonds. The number of nitrogens with zero attached hydrogens (tertiary/aromatic N) is 4. The molecular weight excluding hydrogens is 504 g/mol. The van der Waals surface area contributed by atoms with Gasteiger partial charge in [0.2, 0.25) is 0 Å². The number of aromatic nitrogens is 3. The monoisotopic (exact) mass is 532 g/mol. The van der Waals surface area contributed by atoms with Crippen LogP contribution in [0, 0.1) is 127 Å². The molecule has 0 unspecified atom stereocenters. The minimum absolute atomic E-state index is 0. The summed E-state index contributed by atoms with van der Waals surface area (Å²) >= 11 is 0. The number of rotatable bonds is 3. The third-order valence-corrected chi connectivity index (χ3v) is 5.39. The fourth-order valence-electron chi connectivity index (χ4n) is 3.83. The Morgan fingerprint density at radius 2 is 0.824 bits per heavy atom. The maximum absolute atomic E-state index is 4.36. The van der Waals surface area contributed by atoms with Gasteiger partial charge in [0.1, 0.15) is 0 Å². The summed E-state index contributed by atoms with van der Waals surface area (Å²) in [7, 11) is 0. The van der Waals surface area contributed by atoms with Crippen molar-refractivity contribution in [3.05, 3.63) is 139 Å². The van der Waals surface area contributed by atoms with Crippen LogP contribution in [0.5, 0.6) is 0 Å². The third-order valence-electron chi connectivity index (χ3n) is 5.39. The van der Waals surface area contributed by atoms with E-state index in [1.54, 1.807) is 0 Å². The van der Waals surface area contributed by atoms with Crippen LogP contribution in [0.4, 0.5) is 5.69 Å². The van der Waals surface area contributed by atoms with E-state index < -0.39 is 0 Å². The molecule has 6 rings (SSSR count). The standard InChI is InChI=1S/C18H18N4.2C5H5.2Fe/c1-6-12-22(13-7-1)18-16(14-8-2-3-9-14)19-21-20-17(18)15-10-4-5-11-15;2*1-2-4-5-3-1;;/h2-5,8-11H,1,6-7,12-13H2;2*1-5H;;/q;;;2*+2. The molecule has 0 bridgehead atoms. The molecule has 1 aromatic heterocycles. The first-order valence-electron chi connectivity index (χ1n) is 11.2. The number of hydrogen-bond acceptors (Lipinski definition) is 4. The van der Waals surface area contributed by atoms with Gasteiger partial charge in [0.05, 0.1) is 17.1 Å². The Kier molecular flexibility index (Phi) is 15.3. The Bertz CT molecular complexity index is 586. The van der Waals surface area contributed by atoms with Crippen molar-refractivity contribution in [2.24, 2.45) is 0 Å². The van der Waals surface area contributed by atoms with Crippen molar-refractivity contribution in [1.29, 1.82) is 0 Å². The van der Waals surface area contributed by atoms with Crippen LogP contribution in [-0.4, -0.2) is 28.5 Å². The largest absolute Gasteiger partial charge is 2.00 e. The molecule has 5 fully saturated rings. The molecule has 0 spiro atoms. The van der Waals surface area contributed by atoms with Gasteiger partial charge in [0.15, 0.2) is 0 Å². The second kappa shape index (κ2) is 17.3. The molecule has 6 heteroatoms. The fraction of sp³-hybridized carbons (Fsp3) is 0.179. The van der Waals surface area contributed by atoms with Crippen LogP contribution in [0.1, 0.15) is 30.7 Å². The maximum Gasteiger partial charge on any atom is 2.00 e. The van der Waals surface area contributed by atoms with Crippen molar-refractivity contribution in [3.8, 4) is 0 Å². The Hall–Kier alpha value is -0.151. The van der Waals surface area contributed by atoms with E-state index in [0.717, 1.165) is 42.0 Å². The second-order valence-corrected chi connectivity index (χ2v) is 7.65.